The van der Waals surface area contributed by atoms with Gasteiger partial charge >= 0.3 is 0 Å². The summed E-state index contributed by atoms with van der Waals surface area (Å²) in [7, 11) is 1.90. The van der Waals surface area contributed by atoms with Crippen molar-refractivity contribution in [3.05, 3.63) is 53.6 Å². The van der Waals surface area contributed by atoms with Gasteiger partial charge in [-0.25, -0.2) is 4.98 Å². The van der Waals surface area contributed by atoms with Crippen molar-refractivity contribution in [1.29, 1.82) is 0 Å². The van der Waals surface area contributed by atoms with Crippen LogP contribution in [0.3, 0.4) is 0 Å². The van der Waals surface area contributed by atoms with Crippen LogP contribution in [0.15, 0.2) is 36.7 Å². The SMILES string of the molecule is Cn1ccnc1[C@H](O)C1CCN(C(=O)[C@H]2SCCc3ccccc32)CC1. The molecule has 0 bridgehead atoms. The minimum atomic E-state index is -0.558. The Morgan fingerprint density at radius 1 is 1.31 bits per heavy atom. The van der Waals surface area contributed by atoms with E-state index in [1.54, 1.807) is 18.0 Å². The van der Waals surface area contributed by atoms with E-state index in [4.69, 9.17) is 0 Å². The van der Waals surface area contributed by atoms with Gasteiger partial charge in [-0.05, 0) is 42.1 Å². The van der Waals surface area contributed by atoms with Crippen LogP contribution in [0.2, 0.25) is 0 Å². The zero-order chi connectivity index (χ0) is 18.1. The Labute approximate surface area is 158 Å². The Balaban J connectivity index is 1.41. The molecular formula is C20H25N3O2S. The number of aromatic nitrogens is 2. The van der Waals surface area contributed by atoms with Crippen molar-refractivity contribution in [1.82, 2.24) is 14.5 Å². The van der Waals surface area contributed by atoms with Crippen molar-refractivity contribution in [3.63, 3.8) is 0 Å². The van der Waals surface area contributed by atoms with Crippen molar-refractivity contribution >= 4 is 17.7 Å². The molecule has 2 aliphatic heterocycles. The molecular weight excluding hydrogens is 346 g/mol. The molecule has 2 atom stereocenters. The molecule has 1 fully saturated rings. The monoisotopic (exact) mass is 371 g/mol. The molecule has 5 nitrogen and oxygen atoms in total. The number of fused-ring (bicyclic) bond motifs is 1. The minimum absolute atomic E-state index is 0.0732. The summed E-state index contributed by atoms with van der Waals surface area (Å²) in [6.07, 6.45) is 5.70. The maximum atomic E-state index is 13.1. The smallest absolute Gasteiger partial charge is 0.240 e. The highest BCUT2D eigenvalue weighted by Crippen LogP contribution is 2.39. The Hall–Kier alpha value is -1.79. The number of carbonyl (C=O) groups is 1. The second-order valence-electron chi connectivity index (χ2n) is 7.20. The van der Waals surface area contributed by atoms with Crippen molar-refractivity contribution in [2.45, 2.75) is 30.6 Å². The number of aryl methyl sites for hydroxylation is 2. The van der Waals surface area contributed by atoms with Crippen molar-refractivity contribution < 1.29 is 9.90 Å². The summed E-state index contributed by atoms with van der Waals surface area (Å²) in [5.41, 5.74) is 2.49. The number of aliphatic hydroxyl groups is 1. The van der Waals surface area contributed by atoms with Gasteiger partial charge in [-0.2, -0.15) is 0 Å². The number of likely N-dealkylation sites (tertiary alicyclic amines) is 1. The van der Waals surface area contributed by atoms with Gasteiger partial charge in [0.05, 0.1) is 0 Å². The van der Waals surface area contributed by atoms with Gasteiger partial charge in [0.15, 0.2) is 0 Å². The number of benzene rings is 1. The van der Waals surface area contributed by atoms with E-state index in [2.05, 4.69) is 23.2 Å². The summed E-state index contributed by atoms with van der Waals surface area (Å²) < 4.78 is 1.87. The van der Waals surface area contributed by atoms with E-state index in [1.165, 1.54) is 11.1 Å². The fourth-order valence-electron chi connectivity index (χ4n) is 4.07. The molecule has 0 radical (unpaired) electrons. The van der Waals surface area contributed by atoms with Crippen LogP contribution < -0.4 is 0 Å². The predicted molar refractivity (Wildman–Crippen MR) is 103 cm³/mol. The van der Waals surface area contributed by atoms with Crippen molar-refractivity contribution in [2.75, 3.05) is 18.8 Å². The lowest BCUT2D eigenvalue weighted by molar-refractivity contribution is -0.132. The largest absolute Gasteiger partial charge is 0.385 e. The first-order valence-corrected chi connectivity index (χ1v) is 10.3. The van der Waals surface area contributed by atoms with Crippen molar-refractivity contribution in [2.24, 2.45) is 13.0 Å². The summed E-state index contributed by atoms with van der Waals surface area (Å²) in [6, 6.07) is 8.33. The summed E-state index contributed by atoms with van der Waals surface area (Å²) in [4.78, 5) is 19.4. The van der Waals surface area contributed by atoms with Gasteiger partial charge in [-0.15, -0.1) is 11.8 Å². The lowest BCUT2D eigenvalue weighted by Gasteiger charge is -2.36. The van der Waals surface area contributed by atoms with Crippen LogP contribution in [0.5, 0.6) is 0 Å². The van der Waals surface area contributed by atoms with E-state index in [-0.39, 0.29) is 17.1 Å². The van der Waals surface area contributed by atoms with Gasteiger partial charge in [0.1, 0.15) is 17.2 Å². The number of nitrogens with zero attached hydrogens (tertiary/aromatic N) is 3. The molecule has 2 aliphatic rings. The van der Waals surface area contributed by atoms with E-state index >= 15 is 0 Å². The Bertz CT molecular complexity index is 783. The standard InChI is InChI=1S/C20H25N3O2S/c1-22-12-9-21-19(22)17(24)15-6-10-23(11-7-15)20(25)18-16-5-3-2-4-14(16)8-13-26-18/h2-5,9,12,15,17-18,24H,6-8,10-11,13H2,1H3/t17-,18+/m1/s1. The van der Waals surface area contributed by atoms with Crippen LogP contribution in [0.1, 0.15) is 41.1 Å². The molecule has 0 saturated carbocycles. The molecule has 1 aromatic carbocycles. The number of thioether (sulfide) groups is 1. The molecule has 1 N–H and O–H groups in total. The predicted octanol–water partition coefficient (Wildman–Crippen LogP) is 2.72. The van der Waals surface area contributed by atoms with E-state index < -0.39 is 6.10 Å². The minimum Gasteiger partial charge on any atom is -0.385 e. The van der Waals surface area contributed by atoms with E-state index in [0.717, 1.165) is 25.0 Å². The second kappa shape index (κ2) is 7.45. The fraction of sp³-hybridized carbons (Fsp3) is 0.500. The molecule has 3 heterocycles. The van der Waals surface area contributed by atoms with Crippen molar-refractivity contribution in [3.8, 4) is 0 Å². The molecule has 0 aliphatic carbocycles. The van der Waals surface area contributed by atoms with Crippen LogP contribution in [0.4, 0.5) is 0 Å². The lowest BCUT2D eigenvalue weighted by atomic mass is 9.90. The number of hydrogen-bond donors (Lipinski definition) is 1. The van der Waals surface area contributed by atoms with Gasteiger partial charge in [-0.3, -0.25) is 4.79 Å². The van der Waals surface area contributed by atoms with Gasteiger partial charge in [-0.1, -0.05) is 24.3 Å². The van der Waals surface area contributed by atoms with Crippen LogP contribution in [0, 0.1) is 5.92 Å². The van der Waals surface area contributed by atoms with E-state index in [1.807, 2.05) is 28.8 Å². The fourth-order valence-corrected chi connectivity index (χ4v) is 5.35. The number of aliphatic hydroxyl groups excluding tert-OH is 1. The number of piperidine rings is 1. The van der Waals surface area contributed by atoms with E-state index in [9.17, 15) is 9.90 Å². The third kappa shape index (κ3) is 3.28. The van der Waals surface area contributed by atoms with Gasteiger partial charge in [0.2, 0.25) is 5.91 Å². The summed E-state index contributed by atoms with van der Waals surface area (Å²) in [5, 5.41) is 10.6. The normalized spacial score (nSPS) is 22.1. The average molecular weight is 372 g/mol. The average Bonchev–Trinajstić information content (AvgIpc) is 3.12. The molecule has 1 saturated heterocycles. The number of rotatable bonds is 3. The molecule has 0 spiro atoms. The van der Waals surface area contributed by atoms with Gasteiger partial charge in [0, 0.05) is 32.5 Å². The second-order valence-corrected chi connectivity index (χ2v) is 8.42. The van der Waals surface area contributed by atoms with Crippen LogP contribution in [-0.4, -0.2) is 44.3 Å². The first-order valence-electron chi connectivity index (χ1n) is 9.28. The maximum Gasteiger partial charge on any atom is 0.240 e. The number of hydrogen-bond acceptors (Lipinski definition) is 4. The molecule has 0 unspecified atom stereocenters. The quantitative estimate of drug-likeness (QED) is 0.901. The molecule has 1 aromatic heterocycles. The Kier molecular flexibility index (Phi) is 5.05. The highest BCUT2D eigenvalue weighted by molar-refractivity contribution is 8.00. The van der Waals surface area contributed by atoms with E-state index in [0.29, 0.717) is 18.9 Å². The lowest BCUT2D eigenvalue weighted by Crippen LogP contribution is -2.42. The third-order valence-corrected chi connectivity index (χ3v) is 6.87. The summed E-state index contributed by atoms with van der Waals surface area (Å²) >= 11 is 1.76. The first-order chi connectivity index (χ1) is 12.6. The zero-order valence-electron chi connectivity index (χ0n) is 15.0. The Morgan fingerprint density at radius 3 is 2.81 bits per heavy atom. The number of carbonyl (C=O) groups excluding carboxylic acids is 1. The highest BCUT2D eigenvalue weighted by atomic mass is 32.2. The topological polar surface area (TPSA) is 58.4 Å². The molecule has 4 rings (SSSR count). The zero-order valence-corrected chi connectivity index (χ0v) is 15.9. The van der Waals surface area contributed by atoms with Crippen LogP contribution in [-0.2, 0) is 18.3 Å². The van der Waals surface area contributed by atoms with Crippen LogP contribution in [0.25, 0.3) is 0 Å². The number of amides is 1. The third-order valence-electron chi connectivity index (χ3n) is 5.64. The first kappa shape index (κ1) is 17.6. The van der Waals surface area contributed by atoms with Gasteiger partial charge in [0.25, 0.3) is 0 Å². The highest BCUT2D eigenvalue weighted by Gasteiger charge is 2.34. The summed E-state index contributed by atoms with van der Waals surface area (Å²) in [5.74, 6) is 2.10. The maximum absolute atomic E-state index is 13.1. The molecule has 1 amide bonds. The molecule has 6 heteroatoms. The molecule has 138 valence electrons. The molecule has 2 aromatic rings. The molecule has 26 heavy (non-hydrogen) atoms. The van der Waals surface area contributed by atoms with Gasteiger partial charge < -0.3 is 14.6 Å². The number of imidazole rings is 1. The Morgan fingerprint density at radius 2 is 2.08 bits per heavy atom. The summed E-state index contributed by atoms with van der Waals surface area (Å²) in [6.45, 7) is 1.43. The van der Waals surface area contributed by atoms with Crippen LogP contribution >= 0.6 is 11.8 Å².